The SMILES string of the molecule is C[C@]12CC[C@H](OC(=O)CCCCCCC(=O)O)C[C@H]1CCC1[C@@H]2CC[C@]2(C)[C@@H](c3ccc(=O)oc3)CC[C@]12O. The zero-order valence-corrected chi connectivity index (χ0v) is 23.7. The highest BCUT2D eigenvalue weighted by Crippen LogP contribution is 2.70. The van der Waals surface area contributed by atoms with E-state index in [0.29, 0.717) is 24.7 Å². The fourth-order valence-corrected chi connectivity index (χ4v) is 9.54. The molecule has 0 radical (unpaired) electrons. The Morgan fingerprint density at radius 1 is 0.949 bits per heavy atom. The Morgan fingerprint density at radius 3 is 2.44 bits per heavy atom. The molecular formula is C32H46O7. The van der Waals surface area contributed by atoms with Crippen molar-refractivity contribution in [3.05, 3.63) is 34.4 Å². The first-order valence-electron chi connectivity index (χ1n) is 15.3. The molecule has 1 unspecified atom stereocenters. The molecule has 39 heavy (non-hydrogen) atoms. The number of hydrogen-bond donors (Lipinski definition) is 2. The summed E-state index contributed by atoms with van der Waals surface area (Å²) in [5.74, 6) is 0.579. The van der Waals surface area contributed by atoms with Crippen molar-refractivity contribution in [2.75, 3.05) is 0 Å². The number of hydrogen-bond acceptors (Lipinski definition) is 6. The summed E-state index contributed by atoms with van der Waals surface area (Å²) in [5.41, 5.74) is -0.0730. The van der Waals surface area contributed by atoms with Gasteiger partial charge < -0.3 is 19.4 Å². The third-order valence-corrected chi connectivity index (χ3v) is 11.7. The van der Waals surface area contributed by atoms with Crippen LogP contribution in [0.5, 0.6) is 0 Å². The molecule has 0 saturated heterocycles. The number of esters is 1. The molecule has 4 saturated carbocycles. The first-order valence-corrected chi connectivity index (χ1v) is 15.3. The number of fused-ring (bicyclic) bond motifs is 5. The molecule has 1 aromatic heterocycles. The van der Waals surface area contributed by atoms with Crippen LogP contribution in [0.4, 0.5) is 0 Å². The number of carboxylic acids is 1. The number of aliphatic hydroxyl groups is 1. The number of carbonyl (C=O) groups excluding carboxylic acids is 1. The van der Waals surface area contributed by atoms with E-state index in [0.717, 1.165) is 82.6 Å². The molecule has 7 nitrogen and oxygen atoms in total. The lowest BCUT2D eigenvalue weighted by atomic mass is 9.43. The monoisotopic (exact) mass is 542 g/mol. The van der Waals surface area contributed by atoms with Gasteiger partial charge in [-0.3, -0.25) is 9.59 Å². The largest absolute Gasteiger partial charge is 0.481 e. The Kier molecular flexibility index (Phi) is 8.02. The highest BCUT2D eigenvalue weighted by atomic mass is 16.5. The van der Waals surface area contributed by atoms with Crippen molar-refractivity contribution in [1.82, 2.24) is 0 Å². The molecule has 0 aromatic carbocycles. The first-order chi connectivity index (χ1) is 18.6. The first kappa shape index (κ1) is 28.4. The number of rotatable bonds is 9. The van der Waals surface area contributed by atoms with Crippen LogP contribution in [-0.4, -0.2) is 33.9 Å². The van der Waals surface area contributed by atoms with Crippen LogP contribution in [0.2, 0.25) is 0 Å². The van der Waals surface area contributed by atoms with Crippen LogP contribution in [-0.2, 0) is 14.3 Å². The minimum absolute atomic E-state index is 0.0142. The lowest BCUT2D eigenvalue weighted by molar-refractivity contribution is -0.207. The molecule has 5 rings (SSSR count). The van der Waals surface area contributed by atoms with E-state index in [1.54, 1.807) is 6.26 Å². The summed E-state index contributed by atoms with van der Waals surface area (Å²) in [7, 11) is 0. The molecule has 0 spiro atoms. The van der Waals surface area contributed by atoms with E-state index in [-0.39, 0.29) is 46.8 Å². The average Bonchev–Trinajstić information content (AvgIpc) is 3.18. The third-order valence-electron chi connectivity index (χ3n) is 11.7. The topological polar surface area (TPSA) is 114 Å². The molecular weight excluding hydrogens is 496 g/mol. The standard InChI is InChI=1S/C32H46O7/c1-30-16-13-23(39-29(36)8-6-4-3-5-7-27(33)34)19-22(30)10-11-26-25(30)14-17-31(2)24(15-18-32(26,31)37)21-9-12-28(35)38-20-21/h9,12,20,22-26,37H,3-8,10-11,13-19H2,1-2H3,(H,33,34)/t22-,23+,24-,25+,26?,30+,31-,32+/m1/s1. The van der Waals surface area contributed by atoms with E-state index in [4.69, 9.17) is 14.3 Å². The van der Waals surface area contributed by atoms with Gasteiger partial charge in [-0.1, -0.05) is 26.7 Å². The Balaban J connectivity index is 1.18. The quantitative estimate of drug-likeness (QED) is 0.281. The van der Waals surface area contributed by atoms with Gasteiger partial charge in [-0.15, -0.1) is 0 Å². The number of aliphatic carboxylic acids is 1. The van der Waals surface area contributed by atoms with E-state index < -0.39 is 11.6 Å². The molecule has 0 bridgehead atoms. The van der Waals surface area contributed by atoms with Crippen LogP contribution in [0, 0.1) is 28.6 Å². The van der Waals surface area contributed by atoms with Crippen LogP contribution in [0.15, 0.2) is 27.6 Å². The number of carboxylic acid groups (broad SMARTS) is 1. The minimum Gasteiger partial charge on any atom is -0.481 e. The van der Waals surface area contributed by atoms with Gasteiger partial charge in [0.1, 0.15) is 6.10 Å². The molecule has 2 N–H and O–H groups in total. The van der Waals surface area contributed by atoms with Crippen molar-refractivity contribution in [1.29, 1.82) is 0 Å². The molecule has 8 atom stereocenters. The number of carbonyl (C=O) groups is 2. The van der Waals surface area contributed by atoms with Crippen LogP contribution < -0.4 is 5.63 Å². The molecule has 216 valence electrons. The van der Waals surface area contributed by atoms with Gasteiger partial charge in [0, 0.05) is 24.3 Å². The van der Waals surface area contributed by atoms with Crippen LogP contribution in [0.1, 0.15) is 122 Å². The van der Waals surface area contributed by atoms with Gasteiger partial charge >= 0.3 is 17.6 Å². The van der Waals surface area contributed by atoms with Gasteiger partial charge in [0.25, 0.3) is 0 Å². The van der Waals surface area contributed by atoms with Crippen LogP contribution in [0.3, 0.4) is 0 Å². The zero-order valence-electron chi connectivity index (χ0n) is 23.7. The van der Waals surface area contributed by atoms with Crippen molar-refractivity contribution in [3.8, 4) is 0 Å². The van der Waals surface area contributed by atoms with Gasteiger partial charge in [-0.05, 0) is 111 Å². The fourth-order valence-electron chi connectivity index (χ4n) is 9.54. The van der Waals surface area contributed by atoms with Gasteiger partial charge in [0.05, 0.1) is 11.9 Å². The zero-order chi connectivity index (χ0) is 27.8. The molecule has 1 heterocycles. The Hall–Kier alpha value is -2.15. The minimum atomic E-state index is -0.764. The molecule has 0 aliphatic heterocycles. The maximum atomic E-state index is 12.5. The van der Waals surface area contributed by atoms with E-state index in [1.807, 2.05) is 6.07 Å². The molecule has 4 aliphatic carbocycles. The predicted molar refractivity (Wildman–Crippen MR) is 146 cm³/mol. The summed E-state index contributed by atoms with van der Waals surface area (Å²) >= 11 is 0. The van der Waals surface area contributed by atoms with Crippen LogP contribution in [0.25, 0.3) is 0 Å². The van der Waals surface area contributed by atoms with Crippen molar-refractivity contribution >= 4 is 11.9 Å². The van der Waals surface area contributed by atoms with E-state index in [2.05, 4.69) is 13.8 Å². The highest BCUT2D eigenvalue weighted by molar-refractivity contribution is 5.69. The number of unbranched alkanes of at least 4 members (excludes halogenated alkanes) is 3. The van der Waals surface area contributed by atoms with E-state index in [1.165, 1.54) is 6.07 Å². The summed E-state index contributed by atoms with van der Waals surface area (Å²) in [4.78, 5) is 34.7. The molecule has 7 heteroatoms. The molecule has 1 aromatic rings. The summed E-state index contributed by atoms with van der Waals surface area (Å²) < 4.78 is 11.1. The Morgan fingerprint density at radius 2 is 1.72 bits per heavy atom. The van der Waals surface area contributed by atoms with Gasteiger partial charge in [0.2, 0.25) is 0 Å². The molecule has 0 amide bonds. The van der Waals surface area contributed by atoms with Crippen molar-refractivity contribution < 1.29 is 29.0 Å². The summed E-state index contributed by atoms with van der Waals surface area (Å²) in [6, 6.07) is 3.39. The summed E-state index contributed by atoms with van der Waals surface area (Å²) in [6.45, 7) is 4.71. The Labute approximate surface area is 231 Å². The maximum absolute atomic E-state index is 12.5. The van der Waals surface area contributed by atoms with Crippen molar-refractivity contribution in [3.63, 3.8) is 0 Å². The lowest BCUT2D eigenvalue weighted by Crippen LogP contribution is -2.62. The van der Waals surface area contributed by atoms with Crippen molar-refractivity contribution in [2.24, 2.45) is 28.6 Å². The Bertz CT molecular complexity index is 1090. The lowest BCUT2D eigenvalue weighted by Gasteiger charge is -2.63. The van der Waals surface area contributed by atoms with Crippen LogP contribution >= 0.6 is 0 Å². The number of ether oxygens (including phenoxy) is 1. The molecule has 4 aliphatic rings. The summed E-state index contributed by atoms with van der Waals surface area (Å²) in [5, 5.41) is 21.1. The van der Waals surface area contributed by atoms with Gasteiger partial charge in [0.15, 0.2) is 0 Å². The van der Waals surface area contributed by atoms with E-state index >= 15 is 0 Å². The smallest absolute Gasteiger partial charge is 0.335 e. The predicted octanol–water partition coefficient (Wildman–Crippen LogP) is 6.22. The second-order valence-electron chi connectivity index (χ2n) is 13.5. The molecule has 4 fully saturated rings. The van der Waals surface area contributed by atoms with E-state index in [9.17, 15) is 19.5 Å². The third kappa shape index (κ3) is 5.20. The summed E-state index contributed by atoms with van der Waals surface area (Å²) in [6.07, 6.45) is 14.0. The van der Waals surface area contributed by atoms with Gasteiger partial charge in [-0.2, -0.15) is 0 Å². The second-order valence-corrected chi connectivity index (χ2v) is 13.5. The maximum Gasteiger partial charge on any atom is 0.335 e. The highest BCUT2D eigenvalue weighted by Gasteiger charge is 2.67. The normalized spacial score (nSPS) is 39.3. The average molecular weight is 543 g/mol. The second kappa shape index (κ2) is 11.0. The van der Waals surface area contributed by atoms with Crippen molar-refractivity contribution in [2.45, 2.75) is 128 Å². The van der Waals surface area contributed by atoms with Gasteiger partial charge in [-0.25, -0.2) is 4.79 Å². The fraction of sp³-hybridized carbons (Fsp3) is 0.781.